The lowest BCUT2D eigenvalue weighted by molar-refractivity contribution is -0.120. The molecule has 1 aromatic heterocycles. The van der Waals surface area contributed by atoms with Crippen molar-refractivity contribution in [3.63, 3.8) is 0 Å². The molecule has 122 valence electrons. The summed E-state index contributed by atoms with van der Waals surface area (Å²) in [5, 5.41) is 12.3. The predicted octanol–water partition coefficient (Wildman–Crippen LogP) is 3.17. The lowest BCUT2D eigenvalue weighted by atomic mass is 10.1. The van der Waals surface area contributed by atoms with E-state index in [1.165, 1.54) is 6.42 Å². The summed E-state index contributed by atoms with van der Waals surface area (Å²) in [4.78, 5) is 12.1. The first kappa shape index (κ1) is 16.3. The van der Waals surface area contributed by atoms with E-state index >= 15 is 0 Å². The maximum Gasteiger partial charge on any atom is 0.224 e. The number of fused-ring (bicyclic) bond motifs is 1. The molecule has 0 bridgehead atoms. The van der Waals surface area contributed by atoms with Crippen molar-refractivity contribution in [1.82, 2.24) is 20.1 Å². The maximum absolute atomic E-state index is 12.1. The van der Waals surface area contributed by atoms with E-state index in [2.05, 4.69) is 20.1 Å². The number of carbonyl (C=O) groups is 1. The van der Waals surface area contributed by atoms with Crippen LogP contribution >= 0.6 is 23.2 Å². The number of carbonyl (C=O) groups excluding carboxylic acids is 1. The van der Waals surface area contributed by atoms with Crippen molar-refractivity contribution >= 4 is 29.1 Å². The third-order valence-corrected chi connectivity index (χ3v) is 4.72. The highest BCUT2D eigenvalue weighted by molar-refractivity contribution is 6.42. The van der Waals surface area contributed by atoms with Gasteiger partial charge in [0.2, 0.25) is 5.91 Å². The first-order chi connectivity index (χ1) is 11.1. The van der Waals surface area contributed by atoms with Crippen LogP contribution in [0.1, 0.15) is 36.5 Å². The standard InChI is InChI=1S/C16H18Cl2N4O/c17-12-6-5-11(8-13(12)18)9-16(23)19-10-15-21-20-14-4-2-1-3-7-22(14)15/h5-6,8H,1-4,7,9-10H2,(H,19,23). The SMILES string of the molecule is O=C(Cc1ccc(Cl)c(Cl)c1)NCc1nnc2n1CCCCC2. The van der Waals surface area contributed by atoms with Gasteiger partial charge in [0.15, 0.2) is 5.82 Å². The highest BCUT2D eigenvalue weighted by atomic mass is 35.5. The van der Waals surface area contributed by atoms with Crippen LogP contribution in [0.4, 0.5) is 0 Å². The van der Waals surface area contributed by atoms with E-state index in [9.17, 15) is 4.79 Å². The minimum absolute atomic E-state index is 0.0747. The van der Waals surface area contributed by atoms with E-state index < -0.39 is 0 Å². The molecule has 0 saturated heterocycles. The Morgan fingerprint density at radius 1 is 1.17 bits per heavy atom. The van der Waals surface area contributed by atoms with E-state index in [4.69, 9.17) is 23.2 Å². The molecule has 0 unspecified atom stereocenters. The Labute approximate surface area is 145 Å². The Kier molecular flexibility index (Phi) is 5.18. The zero-order valence-corrected chi connectivity index (χ0v) is 14.2. The molecule has 2 aromatic rings. The molecule has 0 radical (unpaired) electrons. The second-order valence-electron chi connectivity index (χ2n) is 5.70. The van der Waals surface area contributed by atoms with Crippen molar-refractivity contribution in [3.05, 3.63) is 45.5 Å². The molecule has 1 N–H and O–H groups in total. The molecule has 1 aliphatic rings. The summed E-state index contributed by atoms with van der Waals surface area (Å²) >= 11 is 11.8. The third-order valence-electron chi connectivity index (χ3n) is 3.98. The van der Waals surface area contributed by atoms with Crippen LogP contribution in [-0.2, 0) is 30.7 Å². The number of hydrogen-bond donors (Lipinski definition) is 1. The van der Waals surface area contributed by atoms with Gasteiger partial charge < -0.3 is 9.88 Å². The van der Waals surface area contributed by atoms with Crippen molar-refractivity contribution in [2.45, 2.75) is 45.2 Å². The zero-order chi connectivity index (χ0) is 16.2. The third kappa shape index (κ3) is 4.03. The molecular weight excluding hydrogens is 335 g/mol. The molecule has 3 rings (SSSR count). The second kappa shape index (κ2) is 7.32. The molecule has 2 heterocycles. The van der Waals surface area contributed by atoms with Gasteiger partial charge in [-0.15, -0.1) is 10.2 Å². The predicted molar refractivity (Wildman–Crippen MR) is 89.6 cm³/mol. The van der Waals surface area contributed by atoms with Gasteiger partial charge in [-0.1, -0.05) is 35.7 Å². The Hall–Kier alpha value is -1.59. The van der Waals surface area contributed by atoms with Gasteiger partial charge in [-0.3, -0.25) is 4.79 Å². The van der Waals surface area contributed by atoms with Gasteiger partial charge in [0.05, 0.1) is 23.0 Å². The Morgan fingerprint density at radius 2 is 2.04 bits per heavy atom. The fraction of sp³-hybridized carbons (Fsp3) is 0.438. The first-order valence-electron chi connectivity index (χ1n) is 7.75. The lowest BCUT2D eigenvalue weighted by Gasteiger charge is -2.08. The fourth-order valence-corrected chi connectivity index (χ4v) is 3.07. The summed E-state index contributed by atoms with van der Waals surface area (Å²) in [6, 6.07) is 5.22. The quantitative estimate of drug-likeness (QED) is 0.919. The Bertz CT molecular complexity index is 714. The number of rotatable bonds is 4. The van der Waals surface area contributed by atoms with Crippen LogP contribution in [0.15, 0.2) is 18.2 Å². The minimum Gasteiger partial charge on any atom is -0.349 e. The summed E-state index contributed by atoms with van der Waals surface area (Å²) in [5.74, 6) is 1.77. The average Bonchev–Trinajstić information content (AvgIpc) is 2.76. The van der Waals surface area contributed by atoms with E-state index in [1.807, 2.05) is 0 Å². The largest absolute Gasteiger partial charge is 0.349 e. The molecule has 23 heavy (non-hydrogen) atoms. The zero-order valence-electron chi connectivity index (χ0n) is 12.7. The van der Waals surface area contributed by atoms with Gasteiger partial charge in [0.25, 0.3) is 0 Å². The van der Waals surface area contributed by atoms with Crippen molar-refractivity contribution in [1.29, 1.82) is 0 Å². The number of nitrogens with one attached hydrogen (secondary N) is 1. The molecule has 0 atom stereocenters. The molecule has 0 fully saturated rings. The highest BCUT2D eigenvalue weighted by Gasteiger charge is 2.15. The van der Waals surface area contributed by atoms with E-state index in [1.54, 1.807) is 18.2 Å². The van der Waals surface area contributed by atoms with Crippen molar-refractivity contribution in [2.75, 3.05) is 0 Å². The fourth-order valence-electron chi connectivity index (χ4n) is 2.75. The van der Waals surface area contributed by atoms with Gasteiger partial charge in [0, 0.05) is 13.0 Å². The number of nitrogens with zero attached hydrogens (tertiary/aromatic N) is 3. The molecule has 0 aliphatic carbocycles. The number of benzene rings is 1. The average molecular weight is 353 g/mol. The topological polar surface area (TPSA) is 59.8 Å². The van der Waals surface area contributed by atoms with Gasteiger partial charge >= 0.3 is 0 Å². The number of amides is 1. The van der Waals surface area contributed by atoms with Gasteiger partial charge in [-0.2, -0.15) is 0 Å². The van der Waals surface area contributed by atoms with Crippen LogP contribution in [0.5, 0.6) is 0 Å². The monoisotopic (exact) mass is 352 g/mol. The molecule has 1 aliphatic heterocycles. The molecule has 5 nitrogen and oxygen atoms in total. The molecule has 1 amide bonds. The molecule has 1 aromatic carbocycles. The summed E-state index contributed by atoms with van der Waals surface area (Å²) in [5.41, 5.74) is 0.831. The van der Waals surface area contributed by atoms with Crippen molar-refractivity contribution in [3.8, 4) is 0 Å². The minimum atomic E-state index is -0.0747. The van der Waals surface area contributed by atoms with Crippen molar-refractivity contribution in [2.24, 2.45) is 0 Å². The van der Waals surface area contributed by atoms with E-state index in [0.717, 1.165) is 43.0 Å². The van der Waals surface area contributed by atoms with Crippen molar-refractivity contribution < 1.29 is 4.79 Å². The number of hydrogen-bond acceptors (Lipinski definition) is 3. The summed E-state index contributed by atoms with van der Waals surface area (Å²) in [6.07, 6.45) is 4.73. The van der Waals surface area contributed by atoms with E-state index in [0.29, 0.717) is 16.6 Å². The van der Waals surface area contributed by atoms with Crippen LogP contribution in [-0.4, -0.2) is 20.7 Å². The maximum atomic E-state index is 12.1. The number of halogens is 2. The number of aryl methyl sites for hydroxylation is 1. The Morgan fingerprint density at radius 3 is 2.87 bits per heavy atom. The van der Waals surface area contributed by atoms with Crippen LogP contribution in [0.25, 0.3) is 0 Å². The van der Waals surface area contributed by atoms with E-state index in [-0.39, 0.29) is 12.3 Å². The molecule has 0 saturated carbocycles. The first-order valence-corrected chi connectivity index (χ1v) is 8.50. The molecule has 7 heteroatoms. The summed E-state index contributed by atoms with van der Waals surface area (Å²) in [7, 11) is 0. The molecular formula is C16H18Cl2N4O. The van der Waals surface area contributed by atoms with Crippen LogP contribution in [0.2, 0.25) is 10.0 Å². The van der Waals surface area contributed by atoms with Crippen LogP contribution in [0.3, 0.4) is 0 Å². The number of aromatic nitrogens is 3. The Balaban J connectivity index is 1.59. The summed E-state index contributed by atoms with van der Waals surface area (Å²) < 4.78 is 2.13. The van der Waals surface area contributed by atoms with Gasteiger partial charge in [-0.05, 0) is 30.5 Å². The van der Waals surface area contributed by atoms with Gasteiger partial charge in [0.1, 0.15) is 5.82 Å². The normalized spacial score (nSPS) is 14.2. The van der Waals surface area contributed by atoms with Crippen LogP contribution in [0, 0.1) is 0 Å². The van der Waals surface area contributed by atoms with Gasteiger partial charge in [-0.25, -0.2) is 0 Å². The summed E-state index contributed by atoms with van der Waals surface area (Å²) in [6.45, 7) is 1.33. The second-order valence-corrected chi connectivity index (χ2v) is 6.51. The molecule has 0 spiro atoms. The lowest BCUT2D eigenvalue weighted by Crippen LogP contribution is -2.26. The highest BCUT2D eigenvalue weighted by Crippen LogP contribution is 2.22. The smallest absolute Gasteiger partial charge is 0.224 e. The van der Waals surface area contributed by atoms with Crippen LogP contribution < -0.4 is 5.32 Å².